The first-order chi connectivity index (χ1) is 20.5. The highest BCUT2D eigenvalue weighted by atomic mass is 16.2. The fourth-order valence-electron chi connectivity index (χ4n) is 6.21. The van der Waals surface area contributed by atoms with Gasteiger partial charge < -0.3 is 0 Å². The van der Waals surface area contributed by atoms with Gasteiger partial charge in [-0.05, 0) is 16.7 Å². The zero-order chi connectivity index (χ0) is 29.2. The van der Waals surface area contributed by atoms with Gasteiger partial charge in [0.15, 0.2) is 5.78 Å². The molecule has 0 saturated heterocycles. The van der Waals surface area contributed by atoms with Crippen molar-refractivity contribution in [2.24, 2.45) is 25.0 Å². The van der Waals surface area contributed by atoms with Crippen molar-refractivity contribution in [3.05, 3.63) is 170 Å². The van der Waals surface area contributed by atoms with E-state index in [1.807, 2.05) is 121 Å². The Morgan fingerprint density at radius 1 is 0.738 bits per heavy atom. The topological polar surface area (TPSA) is 73.4 Å². The fourth-order valence-corrected chi connectivity index (χ4v) is 6.21. The number of ketones is 1. The van der Waals surface area contributed by atoms with Crippen molar-refractivity contribution in [3.8, 4) is 0 Å². The lowest BCUT2D eigenvalue weighted by atomic mass is 9.66. The third-order valence-corrected chi connectivity index (χ3v) is 8.27. The van der Waals surface area contributed by atoms with Crippen LogP contribution in [0, 0.1) is 5.92 Å². The molecule has 0 amide bonds. The molecular weight excluding hydrogens is 522 g/mol. The lowest BCUT2D eigenvalue weighted by Crippen LogP contribution is -2.44. The lowest BCUT2D eigenvalue weighted by Gasteiger charge is -2.39. The molecule has 4 aromatic carbocycles. The Labute approximate surface area is 244 Å². The van der Waals surface area contributed by atoms with Crippen LogP contribution >= 0.6 is 0 Å². The van der Waals surface area contributed by atoms with Crippen LogP contribution in [-0.2, 0) is 14.1 Å². The number of carbonyl (C=O) groups excluding carboxylic acids is 1. The summed E-state index contributed by atoms with van der Waals surface area (Å²) in [6.07, 6.45) is 0.218. The molecule has 5 aromatic rings. The number of nitrogens with zero attached hydrogens (tertiary/aromatic N) is 3. The van der Waals surface area contributed by atoms with Gasteiger partial charge in [0.25, 0.3) is 5.56 Å². The van der Waals surface area contributed by atoms with Crippen LogP contribution in [-0.4, -0.2) is 20.6 Å². The molecule has 0 spiro atoms. The molecule has 3 atom stereocenters. The molecule has 6 nitrogen and oxygen atoms in total. The molecule has 2 heterocycles. The average molecular weight is 554 g/mol. The van der Waals surface area contributed by atoms with E-state index in [0.717, 1.165) is 27.0 Å². The van der Waals surface area contributed by atoms with E-state index in [-0.39, 0.29) is 29.6 Å². The predicted molar refractivity (Wildman–Crippen MR) is 166 cm³/mol. The van der Waals surface area contributed by atoms with Gasteiger partial charge in [-0.3, -0.25) is 18.7 Å². The Bertz CT molecular complexity index is 1880. The molecule has 3 unspecified atom stereocenters. The highest BCUT2D eigenvalue weighted by Gasteiger charge is 2.43. The highest BCUT2D eigenvalue weighted by molar-refractivity contribution is 6.07. The molecule has 0 aliphatic carbocycles. The van der Waals surface area contributed by atoms with Crippen LogP contribution in [0.4, 0.5) is 5.82 Å². The summed E-state index contributed by atoms with van der Waals surface area (Å²) in [7, 11) is 3.16. The summed E-state index contributed by atoms with van der Waals surface area (Å²) in [5.74, 6) is -0.801. The second-order valence-electron chi connectivity index (χ2n) is 10.7. The van der Waals surface area contributed by atoms with Gasteiger partial charge in [-0.2, -0.15) is 0 Å². The average Bonchev–Trinajstić information content (AvgIpc) is 3.06. The number of aromatic nitrogens is 2. The molecular formula is C36H31N3O3. The van der Waals surface area contributed by atoms with E-state index in [2.05, 4.69) is 0 Å². The zero-order valence-corrected chi connectivity index (χ0v) is 23.6. The molecule has 0 saturated carbocycles. The van der Waals surface area contributed by atoms with Crippen LogP contribution in [0.3, 0.4) is 0 Å². The fraction of sp³-hybridized carbons (Fsp3) is 0.167. The van der Waals surface area contributed by atoms with Crippen LogP contribution in [0.5, 0.6) is 0 Å². The van der Waals surface area contributed by atoms with Crippen LogP contribution in [0.1, 0.15) is 50.9 Å². The highest BCUT2D eigenvalue weighted by Crippen LogP contribution is 2.48. The number of hydrogen-bond donors (Lipinski definition) is 0. The van der Waals surface area contributed by atoms with Gasteiger partial charge in [0, 0.05) is 43.8 Å². The first-order valence-corrected chi connectivity index (χ1v) is 14.1. The summed E-state index contributed by atoms with van der Waals surface area (Å²) in [6, 6.07) is 39.1. The summed E-state index contributed by atoms with van der Waals surface area (Å²) >= 11 is 0. The molecule has 6 heteroatoms. The Morgan fingerprint density at radius 2 is 1.29 bits per heavy atom. The molecule has 0 bridgehead atoms. The molecule has 208 valence electrons. The number of carbonyl (C=O) groups is 1. The van der Waals surface area contributed by atoms with Gasteiger partial charge in [-0.1, -0.05) is 121 Å². The summed E-state index contributed by atoms with van der Waals surface area (Å²) in [5.41, 5.74) is 3.84. The van der Waals surface area contributed by atoms with Crippen molar-refractivity contribution < 1.29 is 4.79 Å². The lowest BCUT2D eigenvalue weighted by molar-refractivity contribution is 0.0967. The first kappa shape index (κ1) is 27.1. The maximum Gasteiger partial charge on any atom is 0.332 e. The summed E-state index contributed by atoms with van der Waals surface area (Å²) in [6.45, 7) is 0. The van der Waals surface area contributed by atoms with Crippen molar-refractivity contribution in [1.29, 1.82) is 0 Å². The SMILES string of the molecule is Cn1c2c(c(=O)n(C)c1=O)C(c1ccccc1)C(C(CC(=O)c1ccccc1)c1ccccc1)C(c1ccccc1)=N2. The largest absolute Gasteiger partial charge is 0.332 e. The van der Waals surface area contributed by atoms with Crippen molar-refractivity contribution in [3.63, 3.8) is 0 Å². The minimum atomic E-state index is -0.465. The van der Waals surface area contributed by atoms with Gasteiger partial charge in [0.2, 0.25) is 0 Å². The Morgan fingerprint density at radius 3 is 1.90 bits per heavy atom. The van der Waals surface area contributed by atoms with Gasteiger partial charge in [0.1, 0.15) is 5.82 Å². The minimum Gasteiger partial charge on any atom is -0.294 e. The zero-order valence-electron chi connectivity index (χ0n) is 23.6. The minimum absolute atomic E-state index is 0.0165. The standard InChI is InChI=1S/C36H31N3O3/c1-38-34-32(35(41)39(2)36(38)42)30(26-19-11-5-12-20-26)31(33(37-34)27-21-13-6-14-22-27)28(24-15-7-3-8-16-24)23-29(40)25-17-9-4-10-18-25/h3-22,28,30-31H,23H2,1-2H3. The van der Waals surface area contributed by atoms with Gasteiger partial charge in [-0.15, -0.1) is 0 Å². The second-order valence-corrected chi connectivity index (χ2v) is 10.7. The van der Waals surface area contributed by atoms with Crippen molar-refractivity contribution in [2.45, 2.75) is 18.3 Å². The van der Waals surface area contributed by atoms with Crippen LogP contribution < -0.4 is 11.2 Å². The van der Waals surface area contributed by atoms with Gasteiger partial charge in [0.05, 0.1) is 11.3 Å². The van der Waals surface area contributed by atoms with Crippen LogP contribution in [0.2, 0.25) is 0 Å². The molecule has 1 aliphatic heterocycles. The van der Waals surface area contributed by atoms with Crippen molar-refractivity contribution >= 4 is 17.3 Å². The summed E-state index contributed by atoms with van der Waals surface area (Å²) in [4.78, 5) is 46.1. The summed E-state index contributed by atoms with van der Waals surface area (Å²) in [5, 5.41) is 0. The van der Waals surface area contributed by atoms with Crippen molar-refractivity contribution in [1.82, 2.24) is 9.13 Å². The molecule has 6 rings (SSSR count). The number of hydrogen-bond acceptors (Lipinski definition) is 4. The van der Waals surface area contributed by atoms with E-state index in [1.165, 1.54) is 11.6 Å². The van der Waals surface area contributed by atoms with E-state index in [9.17, 15) is 14.4 Å². The van der Waals surface area contributed by atoms with E-state index >= 15 is 0 Å². The third kappa shape index (κ3) is 4.85. The van der Waals surface area contributed by atoms with Crippen LogP contribution in [0.15, 0.2) is 136 Å². The normalized spacial score (nSPS) is 16.8. The molecule has 0 radical (unpaired) electrons. The number of aliphatic imine (C=N–C) groups is 1. The predicted octanol–water partition coefficient (Wildman–Crippen LogP) is 6.02. The van der Waals surface area contributed by atoms with Crippen molar-refractivity contribution in [2.75, 3.05) is 0 Å². The first-order valence-electron chi connectivity index (χ1n) is 14.1. The molecule has 1 aliphatic rings. The number of fused-ring (bicyclic) bond motifs is 1. The molecule has 0 fully saturated rings. The molecule has 0 N–H and O–H groups in total. The quantitative estimate of drug-likeness (QED) is 0.231. The van der Waals surface area contributed by atoms with E-state index in [4.69, 9.17) is 4.99 Å². The number of benzene rings is 4. The second kappa shape index (κ2) is 11.4. The van der Waals surface area contributed by atoms with E-state index in [1.54, 1.807) is 7.05 Å². The maximum absolute atomic E-state index is 14.0. The van der Waals surface area contributed by atoms with E-state index < -0.39 is 11.6 Å². The van der Waals surface area contributed by atoms with E-state index in [0.29, 0.717) is 16.9 Å². The number of Topliss-reactive ketones (excluding diaryl/α,β-unsaturated/α-hetero) is 1. The number of rotatable bonds is 7. The van der Waals surface area contributed by atoms with Gasteiger partial charge in [-0.25, -0.2) is 9.79 Å². The Balaban J connectivity index is 1.67. The monoisotopic (exact) mass is 553 g/mol. The smallest absolute Gasteiger partial charge is 0.294 e. The van der Waals surface area contributed by atoms with Gasteiger partial charge >= 0.3 is 5.69 Å². The Hall–Kier alpha value is -5.10. The maximum atomic E-state index is 14.0. The summed E-state index contributed by atoms with van der Waals surface area (Å²) < 4.78 is 2.61. The molecule has 1 aromatic heterocycles. The third-order valence-electron chi connectivity index (χ3n) is 8.27. The molecule has 42 heavy (non-hydrogen) atoms. The van der Waals surface area contributed by atoms with Crippen LogP contribution in [0.25, 0.3) is 0 Å². The Kier molecular flexibility index (Phi) is 7.36.